The molecular formula is C14H18BrN3. The number of fused-ring (bicyclic) bond motifs is 1. The number of nitrogens with two attached hydrogens (primary N) is 1. The standard InChI is InChI=1S/C14H18BrN3/c1-3-7-18(4-2)14-11-8-10(15)5-6-13(11)17-9-12(14)16/h5-6,8-9H,3-4,7,16H2,1-2H3. The van der Waals surface area contributed by atoms with E-state index < -0.39 is 0 Å². The molecule has 1 aromatic heterocycles. The van der Waals surface area contributed by atoms with Crippen LogP contribution in [0.3, 0.4) is 0 Å². The molecule has 0 fully saturated rings. The van der Waals surface area contributed by atoms with Crippen LogP contribution in [0.25, 0.3) is 10.9 Å². The van der Waals surface area contributed by atoms with E-state index in [1.165, 1.54) is 0 Å². The lowest BCUT2D eigenvalue weighted by Crippen LogP contribution is -2.24. The molecular weight excluding hydrogens is 290 g/mol. The zero-order chi connectivity index (χ0) is 13.1. The molecule has 0 atom stereocenters. The highest BCUT2D eigenvalue weighted by Gasteiger charge is 2.12. The van der Waals surface area contributed by atoms with Crippen LogP contribution >= 0.6 is 15.9 Å². The molecule has 0 radical (unpaired) electrons. The van der Waals surface area contributed by atoms with Gasteiger partial charge in [0.25, 0.3) is 0 Å². The summed E-state index contributed by atoms with van der Waals surface area (Å²) in [5, 5.41) is 1.11. The number of aromatic nitrogens is 1. The molecule has 2 rings (SSSR count). The minimum Gasteiger partial charge on any atom is -0.396 e. The lowest BCUT2D eigenvalue weighted by Gasteiger charge is -2.25. The van der Waals surface area contributed by atoms with E-state index in [1.54, 1.807) is 6.20 Å². The van der Waals surface area contributed by atoms with E-state index in [4.69, 9.17) is 5.73 Å². The molecule has 96 valence electrons. The fourth-order valence-corrected chi connectivity index (χ4v) is 2.58. The number of benzene rings is 1. The summed E-state index contributed by atoms with van der Waals surface area (Å²) in [6.45, 7) is 6.29. The van der Waals surface area contributed by atoms with Crippen molar-refractivity contribution in [1.29, 1.82) is 0 Å². The van der Waals surface area contributed by atoms with Crippen LogP contribution in [0, 0.1) is 0 Å². The van der Waals surface area contributed by atoms with Crippen LogP contribution in [0.2, 0.25) is 0 Å². The number of anilines is 2. The minimum atomic E-state index is 0.746. The Morgan fingerprint density at radius 1 is 1.33 bits per heavy atom. The predicted molar refractivity (Wildman–Crippen MR) is 82.0 cm³/mol. The van der Waals surface area contributed by atoms with Crippen molar-refractivity contribution >= 4 is 38.2 Å². The van der Waals surface area contributed by atoms with E-state index in [-0.39, 0.29) is 0 Å². The van der Waals surface area contributed by atoms with Gasteiger partial charge in [-0.25, -0.2) is 0 Å². The quantitative estimate of drug-likeness (QED) is 0.933. The Morgan fingerprint density at radius 3 is 2.78 bits per heavy atom. The van der Waals surface area contributed by atoms with Crippen molar-refractivity contribution in [3.63, 3.8) is 0 Å². The van der Waals surface area contributed by atoms with Gasteiger partial charge in [-0.3, -0.25) is 4.98 Å². The maximum atomic E-state index is 6.12. The monoisotopic (exact) mass is 307 g/mol. The largest absolute Gasteiger partial charge is 0.396 e. The number of nitrogens with zero attached hydrogens (tertiary/aromatic N) is 2. The molecule has 2 N–H and O–H groups in total. The molecule has 2 aromatic rings. The van der Waals surface area contributed by atoms with Gasteiger partial charge in [0, 0.05) is 22.9 Å². The van der Waals surface area contributed by atoms with Crippen molar-refractivity contribution in [1.82, 2.24) is 4.98 Å². The van der Waals surface area contributed by atoms with Gasteiger partial charge in [0.1, 0.15) is 0 Å². The molecule has 0 saturated carbocycles. The topological polar surface area (TPSA) is 42.1 Å². The minimum absolute atomic E-state index is 0.746. The van der Waals surface area contributed by atoms with E-state index in [2.05, 4.69) is 45.7 Å². The van der Waals surface area contributed by atoms with Crippen molar-refractivity contribution < 1.29 is 0 Å². The fraction of sp³-hybridized carbons (Fsp3) is 0.357. The van der Waals surface area contributed by atoms with E-state index in [0.29, 0.717) is 0 Å². The van der Waals surface area contributed by atoms with E-state index in [0.717, 1.165) is 46.3 Å². The van der Waals surface area contributed by atoms with E-state index >= 15 is 0 Å². The molecule has 1 heterocycles. The molecule has 18 heavy (non-hydrogen) atoms. The zero-order valence-corrected chi connectivity index (χ0v) is 12.4. The SMILES string of the molecule is CCCN(CC)c1c(N)cnc2ccc(Br)cc12. The second-order valence-corrected chi connectivity index (χ2v) is 5.22. The lowest BCUT2D eigenvalue weighted by molar-refractivity contribution is 0.795. The van der Waals surface area contributed by atoms with Crippen molar-refractivity contribution in [3.05, 3.63) is 28.9 Å². The van der Waals surface area contributed by atoms with Crippen molar-refractivity contribution in [2.75, 3.05) is 23.7 Å². The Kier molecular flexibility index (Phi) is 4.07. The molecule has 0 spiro atoms. The summed E-state index contributed by atoms with van der Waals surface area (Å²) in [5.74, 6) is 0. The highest BCUT2D eigenvalue weighted by atomic mass is 79.9. The molecule has 0 aliphatic carbocycles. The summed E-state index contributed by atoms with van der Waals surface area (Å²) in [7, 11) is 0. The first-order chi connectivity index (χ1) is 8.67. The highest BCUT2D eigenvalue weighted by molar-refractivity contribution is 9.10. The zero-order valence-electron chi connectivity index (χ0n) is 10.8. The normalized spacial score (nSPS) is 10.8. The summed E-state index contributed by atoms with van der Waals surface area (Å²) >= 11 is 3.51. The van der Waals surface area contributed by atoms with Crippen LogP contribution in [0.15, 0.2) is 28.9 Å². The van der Waals surface area contributed by atoms with Crippen LogP contribution in [0.4, 0.5) is 11.4 Å². The van der Waals surface area contributed by atoms with Crippen molar-refractivity contribution in [2.45, 2.75) is 20.3 Å². The van der Waals surface area contributed by atoms with Gasteiger partial charge in [0.05, 0.1) is 23.1 Å². The van der Waals surface area contributed by atoms with Gasteiger partial charge in [0.15, 0.2) is 0 Å². The summed E-state index contributed by atoms with van der Waals surface area (Å²) in [4.78, 5) is 6.70. The molecule has 0 aliphatic rings. The molecule has 0 unspecified atom stereocenters. The molecule has 0 amide bonds. The summed E-state index contributed by atoms with van der Waals surface area (Å²) in [6, 6.07) is 6.11. The van der Waals surface area contributed by atoms with Gasteiger partial charge in [-0.05, 0) is 31.5 Å². The number of rotatable bonds is 4. The maximum absolute atomic E-state index is 6.12. The highest BCUT2D eigenvalue weighted by Crippen LogP contribution is 2.33. The first kappa shape index (κ1) is 13.1. The molecule has 1 aromatic carbocycles. The molecule has 0 saturated heterocycles. The number of pyridine rings is 1. The Balaban J connectivity index is 2.65. The van der Waals surface area contributed by atoms with Gasteiger partial charge >= 0.3 is 0 Å². The molecule has 0 bridgehead atoms. The average molecular weight is 308 g/mol. The van der Waals surface area contributed by atoms with Gasteiger partial charge in [-0.15, -0.1) is 0 Å². The molecule has 3 nitrogen and oxygen atoms in total. The van der Waals surface area contributed by atoms with Gasteiger partial charge in [0.2, 0.25) is 0 Å². The van der Waals surface area contributed by atoms with Gasteiger partial charge in [-0.2, -0.15) is 0 Å². The third-order valence-electron chi connectivity index (χ3n) is 3.02. The smallest absolute Gasteiger partial charge is 0.0745 e. The summed E-state index contributed by atoms with van der Waals surface area (Å²) < 4.78 is 1.05. The third kappa shape index (κ3) is 2.43. The average Bonchev–Trinajstić information content (AvgIpc) is 2.36. The van der Waals surface area contributed by atoms with Crippen LogP contribution in [-0.2, 0) is 0 Å². The third-order valence-corrected chi connectivity index (χ3v) is 3.51. The van der Waals surface area contributed by atoms with E-state index in [9.17, 15) is 0 Å². The Hall–Kier alpha value is -1.29. The summed E-state index contributed by atoms with van der Waals surface area (Å²) in [5.41, 5.74) is 8.96. The predicted octanol–water partition coefficient (Wildman–Crippen LogP) is 3.82. The maximum Gasteiger partial charge on any atom is 0.0745 e. The number of hydrogen-bond acceptors (Lipinski definition) is 3. The first-order valence-corrected chi connectivity index (χ1v) is 7.05. The van der Waals surface area contributed by atoms with Crippen LogP contribution in [0.5, 0.6) is 0 Å². The summed E-state index contributed by atoms with van der Waals surface area (Å²) in [6.07, 6.45) is 2.86. The molecule has 0 aliphatic heterocycles. The van der Waals surface area contributed by atoms with Gasteiger partial charge in [-0.1, -0.05) is 22.9 Å². The van der Waals surface area contributed by atoms with Crippen molar-refractivity contribution in [2.24, 2.45) is 0 Å². The fourth-order valence-electron chi connectivity index (χ4n) is 2.22. The molecule has 4 heteroatoms. The Morgan fingerprint density at radius 2 is 2.11 bits per heavy atom. The lowest BCUT2D eigenvalue weighted by atomic mass is 10.1. The van der Waals surface area contributed by atoms with Crippen LogP contribution in [-0.4, -0.2) is 18.1 Å². The van der Waals surface area contributed by atoms with Crippen LogP contribution in [0.1, 0.15) is 20.3 Å². The van der Waals surface area contributed by atoms with Crippen molar-refractivity contribution in [3.8, 4) is 0 Å². The van der Waals surface area contributed by atoms with Crippen LogP contribution < -0.4 is 10.6 Å². The van der Waals surface area contributed by atoms with E-state index in [1.807, 2.05) is 12.1 Å². The second kappa shape index (κ2) is 5.57. The number of nitrogen functional groups attached to an aromatic ring is 1. The Labute approximate surface area is 116 Å². The number of hydrogen-bond donors (Lipinski definition) is 1. The Bertz CT molecular complexity index is 549. The number of halogens is 1. The van der Waals surface area contributed by atoms with Gasteiger partial charge < -0.3 is 10.6 Å². The first-order valence-electron chi connectivity index (χ1n) is 6.26. The second-order valence-electron chi connectivity index (χ2n) is 4.30.